The molecule has 1 heterocycles. The third kappa shape index (κ3) is 5.08. The van der Waals surface area contributed by atoms with Gasteiger partial charge in [0.25, 0.3) is 0 Å². The Morgan fingerprint density at radius 2 is 2.00 bits per heavy atom. The number of hydrogen-bond donors (Lipinski definition) is 1. The molecule has 1 aliphatic rings. The van der Waals surface area contributed by atoms with E-state index in [1.165, 1.54) is 37.8 Å². The molecule has 1 aliphatic heterocycles. The van der Waals surface area contributed by atoms with Gasteiger partial charge in [0.15, 0.2) is 0 Å². The molecule has 2 unspecified atom stereocenters. The van der Waals surface area contributed by atoms with Gasteiger partial charge in [0, 0.05) is 18.6 Å². The monoisotopic (exact) mass is 292 g/mol. The maximum absolute atomic E-state index is 13.1. The van der Waals surface area contributed by atoms with Crippen molar-refractivity contribution in [2.75, 3.05) is 19.6 Å². The normalized spacial score (nSPS) is 22.0. The fourth-order valence-electron chi connectivity index (χ4n) is 3.29. The Morgan fingerprint density at radius 1 is 1.24 bits per heavy atom. The van der Waals surface area contributed by atoms with Gasteiger partial charge < -0.3 is 10.2 Å². The summed E-state index contributed by atoms with van der Waals surface area (Å²) in [5.74, 6) is -0.157. The van der Waals surface area contributed by atoms with E-state index in [2.05, 4.69) is 24.1 Å². The van der Waals surface area contributed by atoms with Crippen LogP contribution in [0.4, 0.5) is 4.39 Å². The predicted molar refractivity (Wildman–Crippen MR) is 86.9 cm³/mol. The second kappa shape index (κ2) is 8.50. The van der Waals surface area contributed by atoms with Crippen molar-refractivity contribution in [1.29, 1.82) is 0 Å². The van der Waals surface area contributed by atoms with E-state index in [4.69, 9.17) is 0 Å². The molecule has 1 aromatic carbocycles. The van der Waals surface area contributed by atoms with E-state index in [-0.39, 0.29) is 5.82 Å². The lowest BCUT2D eigenvalue weighted by Crippen LogP contribution is -2.35. The zero-order valence-electron chi connectivity index (χ0n) is 13.4. The minimum atomic E-state index is -0.157. The highest BCUT2D eigenvalue weighted by molar-refractivity contribution is 5.20. The quantitative estimate of drug-likeness (QED) is 0.848. The second-order valence-corrected chi connectivity index (χ2v) is 6.18. The van der Waals surface area contributed by atoms with Gasteiger partial charge in [-0.1, -0.05) is 31.9 Å². The molecule has 118 valence electrons. The minimum absolute atomic E-state index is 0.157. The number of halogens is 1. The molecule has 0 aromatic heterocycles. The number of rotatable bonds is 6. The molecule has 0 saturated carbocycles. The molecule has 1 fully saturated rings. The Balaban J connectivity index is 1.94. The fourth-order valence-corrected chi connectivity index (χ4v) is 3.29. The van der Waals surface area contributed by atoms with Crippen LogP contribution in [0.25, 0.3) is 0 Å². The van der Waals surface area contributed by atoms with Crippen molar-refractivity contribution in [3.05, 3.63) is 35.6 Å². The van der Waals surface area contributed by atoms with Crippen molar-refractivity contribution in [3.63, 3.8) is 0 Å². The van der Waals surface area contributed by atoms with E-state index in [0.29, 0.717) is 12.1 Å². The highest BCUT2D eigenvalue weighted by atomic mass is 19.1. The van der Waals surface area contributed by atoms with E-state index in [1.807, 2.05) is 12.1 Å². The Bertz CT molecular complexity index is 404. The van der Waals surface area contributed by atoms with Gasteiger partial charge in [-0.2, -0.15) is 0 Å². The van der Waals surface area contributed by atoms with Crippen molar-refractivity contribution in [2.45, 2.75) is 58.0 Å². The summed E-state index contributed by atoms with van der Waals surface area (Å²) in [5.41, 5.74) is 1.20. The van der Waals surface area contributed by atoms with Gasteiger partial charge >= 0.3 is 0 Å². The standard InChI is InChI=1S/C18H29FN2/c1-3-20-18(16-8-10-17(19)11-9-16)12-14-21-13-6-4-5-7-15(21)2/h8-11,15,18,20H,3-7,12-14H2,1-2H3. The molecule has 0 bridgehead atoms. The van der Waals surface area contributed by atoms with Crippen LogP contribution in [0.1, 0.15) is 57.6 Å². The third-order valence-electron chi connectivity index (χ3n) is 4.62. The molecule has 0 aliphatic carbocycles. The van der Waals surface area contributed by atoms with Crippen LogP contribution in [0, 0.1) is 5.82 Å². The lowest BCUT2D eigenvalue weighted by atomic mass is 10.0. The summed E-state index contributed by atoms with van der Waals surface area (Å²) >= 11 is 0. The van der Waals surface area contributed by atoms with Crippen molar-refractivity contribution in [3.8, 4) is 0 Å². The van der Waals surface area contributed by atoms with Crippen LogP contribution in [0.2, 0.25) is 0 Å². The molecular weight excluding hydrogens is 263 g/mol. The smallest absolute Gasteiger partial charge is 0.123 e. The summed E-state index contributed by atoms with van der Waals surface area (Å²) in [5, 5.41) is 3.54. The van der Waals surface area contributed by atoms with Crippen LogP contribution in [-0.4, -0.2) is 30.6 Å². The summed E-state index contributed by atoms with van der Waals surface area (Å²) in [6.45, 7) is 7.77. The van der Waals surface area contributed by atoms with E-state index in [9.17, 15) is 4.39 Å². The predicted octanol–water partition coefficient (Wildman–Crippen LogP) is 4.13. The highest BCUT2D eigenvalue weighted by Gasteiger charge is 2.18. The Kier molecular flexibility index (Phi) is 6.65. The maximum Gasteiger partial charge on any atom is 0.123 e. The highest BCUT2D eigenvalue weighted by Crippen LogP contribution is 2.21. The molecule has 0 amide bonds. The zero-order valence-corrected chi connectivity index (χ0v) is 13.4. The van der Waals surface area contributed by atoms with Crippen LogP contribution in [0.5, 0.6) is 0 Å². The van der Waals surface area contributed by atoms with Gasteiger partial charge in [-0.25, -0.2) is 4.39 Å². The average Bonchev–Trinajstić information content (AvgIpc) is 2.69. The van der Waals surface area contributed by atoms with Crippen LogP contribution >= 0.6 is 0 Å². The molecule has 1 N–H and O–H groups in total. The lowest BCUT2D eigenvalue weighted by molar-refractivity contribution is 0.202. The van der Waals surface area contributed by atoms with E-state index in [1.54, 1.807) is 12.1 Å². The van der Waals surface area contributed by atoms with Crippen LogP contribution in [0.3, 0.4) is 0 Å². The Labute approximate surface area is 128 Å². The fraction of sp³-hybridized carbons (Fsp3) is 0.667. The maximum atomic E-state index is 13.1. The number of nitrogens with zero attached hydrogens (tertiary/aromatic N) is 1. The van der Waals surface area contributed by atoms with Gasteiger partial charge in [-0.05, 0) is 57.0 Å². The molecule has 2 rings (SSSR count). The van der Waals surface area contributed by atoms with Crippen molar-refractivity contribution in [2.24, 2.45) is 0 Å². The number of nitrogens with one attached hydrogen (secondary N) is 1. The largest absolute Gasteiger partial charge is 0.310 e. The lowest BCUT2D eigenvalue weighted by Gasteiger charge is -2.29. The van der Waals surface area contributed by atoms with Crippen LogP contribution < -0.4 is 5.32 Å². The Hall–Kier alpha value is -0.930. The van der Waals surface area contributed by atoms with Crippen molar-refractivity contribution in [1.82, 2.24) is 10.2 Å². The number of hydrogen-bond acceptors (Lipinski definition) is 2. The topological polar surface area (TPSA) is 15.3 Å². The third-order valence-corrected chi connectivity index (χ3v) is 4.62. The Morgan fingerprint density at radius 3 is 2.71 bits per heavy atom. The van der Waals surface area contributed by atoms with Crippen molar-refractivity contribution >= 4 is 0 Å². The first kappa shape index (κ1) is 16.4. The average molecular weight is 292 g/mol. The molecule has 3 heteroatoms. The first-order valence-electron chi connectivity index (χ1n) is 8.43. The first-order valence-corrected chi connectivity index (χ1v) is 8.43. The molecule has 1 saturated heterocycles. The van der Waals surface area contributed by atoms with Crippen molar-refractivity contribution < 1.29 is 4.39 Å². The summed E-state index contributed by atoms with van der Waals surface area (Å²) < 4.78 is 13.1. The molecular formula is C18H29FN2. The molecule has 0 radical (unpaired) electrons. The molecule has 0 spiro atoms. The van der Waals surface area contributed by atoms with Gasteiger partial charge in [0.05, 0.1) is 0 Å². The number of likely N-dealkylation sites (tertiary alicyclic amines) is 1. The second-order valence-electron chi connectivity index (χ2n) is 6.18. The van der Waals surface area contributed by atoms with Gasteiger partial charge in [-0.3, -0.25) is 0 Å². The number of benzene rings is 1. The minimum Gasteiger partial charge on any atom is -0.310 e. The summed E-state index contributed by atoms with van der Waals surface area (Å²) in [6.07, 6.45) is 6.47. The van der Waals surface area contributed by atoms with Crippen LogP contribution in [-0.2, 0) is 0 Å². The molecule has 2 atom stereocenters. The first-order chi connectivity index (χ1) is 10.2. The van der Waals surface area contributed by atoms with E-state index in [0.717, 1.165) is 19.5 Å². The van der Waals surface area contributed by atoms with Gasteiger partial charge in [0.1, 0.15) is 5.82 Å². The van der Waals surface area contributed by atoms with Gasteiger partial charge in [-0.15, -0.1) is 0 Å². The van der Waals surface area contributed by atoms with E-state index < -0.39 is 0 Å². The molecule has 2 nitrogen and oxygen atoms in total. The summed E-state index contributed by atoms with van der Waals surface area (Å²) in [7, 11) is 0. The summed E-state index contributed by atoms with van der Waals surface area (Å²) in [6, 6.07) is 7.97. The summed E-state index contributed by atoms with van der Waals surface area (Å²) in [4.78, 5) is 2.63. The van der Waals surface area contributed by atoms with Gasteiger partial charge in [0.2, 0.25) is 0 Å². The molecule has 1 aromatic rings. The molecule has 21 heavy (non-hydrogen) atoms. The zero-order chi connectivity index (χ0) is 15.1. The SMILES string of the molecule is CCNC(CCN1CCCCCC1C)c1ccc(F)cc1. The van der Waals surface area contributed by atoms with Crippen LogP contribution in [0.15, 0.2) is 24.3 Å². The van der Waals surface area contributed by atoms with E-state index >= 15 is 0 Å².